The molecule has 0 spiro atoms. The van der Waals surface area contributed by atoms with Crippen LogP contribution in [0.2, 0.25) is 0 Å². The van der Waals surface area contributed by atoms with E-state index in [1.54, 1.807) is 32.4 Å². The van der Waals surface area contributed by atoms with Crippen LogP contribution in [-0.2, 0) is 0 Å². The predicted octanol–water partition coefficient (Wildman–Crippen LogP) is 3.18. The van der Waals surface area contributed by atoms with Gasteiger partial charge in [0.05, 0.1) is 24.8 Å². The number of rotatable bonds is 5. The maximum absolute atomic E-state index is 10.6. The summed E-state index contributed by atoms with van der Waals surface area (Å²) in [4.78, 5) is 14.1. The van der Waals surface area contributed by atoms with Gasteiger partial charge in [0.1, 0.15) is 6.20 Å². The zero-order valence-electron chi connectivity index (χ0n) is 11.6. The molecule has 0 fully saturated rings. The van der Waals surface area contributed by atoms with Gasteiger partial charge in [0, 0.05) is 11.6 Å². The molecule has 0 bridgehead atoms. The molecule has 6 heteroatoms. The van der Waals surface area contributed by atoms with Crippen molar-refractivity contribution in [1.82, 2.24) is 4.98 Å². The highest BCUT2D eigenvalue weighted by atomic mass is 16.6. The lowest BCUT2D eigenvalue weighted by atomic mass is 10.1. The average Bonchev–Trinajstić information content (AvgIpc) is 2.52. The van der Waals surface area contributed by atoms with Crippen molar-refractivity contribution in [1.29, 1.82) is 0 Å². The molecular formula is C15H14N2O4. The van der Waals surface area contributed by atoms with Crippen LogP contribution in [0.1, 0.15) is 11.3 Å². The van der Waals surface area contributed by atoms with Crippen molar-refractivity contribution in [3.63, 3.8) is 0 Å². The van der Waals surface area contributed by atoms with Crippen molar-refractivity contribution in [2.45, 2.75) is 0 Å². The molecule has 6 nitrogen and oxygen atoms in total. The Balaban J connectivity index is 2.27. The topological polar surface area (TPSA) is 74.5 Å². The molecule has 2 aromatic rings. The highest BCUT2D eigenvalue weighted by Crippen LogP contribution is 2.31. The molecule has 0 amide bonds. The Bertz CT molecular complexity index is 666. The first-order chi connectivity index (χ1) is 10.2. The highest BCUT2D eigenvalue weighted by Gasteiger charge is 2.07. The Morgan fingerprint density at radius 2 is 1.95 bits per heavy atom. The van der Waals surface area contributed by atoms with E-state index in [-0.39, 0.29) is 5.69 Å². The minimum Gasteiger partial charge on any atom is -0.493 e. The Labute approximate surface area is 121 Å². The van der Waals surface area contributed by atoms with Gasteiger partial charge in [-0.05, 0) is 24.3 Å². The molecule has 1 heterocycles. The predicted molar refractivity (Wildman–Crippen MR) is 79.4 cm³/mol. The van der Waals surface area contributed by atoms with Crippen LogP contribution in [0.15, 0.2) is 36.5 Å². The fraction of sp³-hybridized carbons (Fsp3) is 0.133. The monoisotopic (exact) mass is 286 g/mol. The number of pyridine rings is 1. The van der Waals surface area contributed by atoms with Crippen LogP contribution in [-0.4, -0.2) is 24.1 Å². The Kier molecular flexibility index (Phi) is 4.50. The van der Waals surface area contributed by atoms with E-state index in [1.807, 2.05) is 18.2 Å². The summed E-state index contributed by atoms with van der Waals surface area (Å²) in [5.41, 5.74) is 1.41. The summed E-state index contributed by atoms with van der Waals surface area (Å²) in [6.45, 7) is 0. The first-order valence-corrected chi connectivity index (χ1v) is 6.15. The van der Waals surface area contributed by atoms with E-state index in [9.17, 15) is 10.1 Å². The molecule has 0 aliphatic rings. The van der Waals surface area contributed by atoms with Gasteiger partial charge in [0.2, 0.25) is 0 Å². The second kappa shape index (κ2) is 6.51. The molecule has 1 aromatic carbocycles. The molecule has 0 unspecified atom stereocenters. The molecule has 0 atom stereocenters. The van der Waals surface area contributed by atoms with Crippen LogP contribution in [0.3, 0.4) is 0 Å². The van der Waals surface area contributed by atoms with Crippen LogP contribution >= 0.6 is 0 Å². The smallest absolute Gasteiger partial charge is 0.287 e. The fourth-order valence-electron chi connectivity index (χ4n) is 1.82. The molecule has 108 valence electrons. The van der Waals surface area contributed by atoms with Crippen molar-refractivity contribution < 1.29 is 14.4 Å². The van der Waals surface area contributed by atoms with Crippen molar-refractivity contribution >= 4 is 17.8 Å². The van der Waals surface area contributed by atoms with Gasteiger partial charge in [-0.2, -0.15) is 0 Å². The van der Waals surface area contributed by atoms with Crippen LogP contribution in [0.5, 0.6) is 11.5 Å². The number of benzene rings is 1. The summed E-state index contributed by atoms with van der Waals surface area (Å²) in [6.07, 6.45) is 4.79. The number of methoxy groups -OCH3 is 2. The first kappa shape index (κ1) is 14.5. The lowest BCUT2D eigenvalue weighted by molar-refractivity contribution is -0.385. The second-order valence-corrected chi connectivity index (χ2v) is 4.11. The normalized spacial score (nSPS) is 10.6. The third-order valence-corrected chi connectivity index (χ3v) is 2.85. The number of para-hydroxylation sites is 1. The van der Waals surface area contributed by atoms with Gasteiger partial charge in [-0.15, -0.1) is 0 Å². The number of ether oxygens (including phenoxy) is 2. The number of aromatic nitrogens is 1. The summed E-state index contributed by atoms with van der Waals surface area (Å²) in [7, 11) is 3.14. The quantitative estimate of drug-likeness (QED) is 0.623. The Hall–Kier alpha value is -2.89. The van der Waals surface area contributed by atoms with E-state index in [0.717, 1.165) is 5.56 Å². The van der Waals surface area contributed by atoms with E-state index in [1.165, 1.54) is 12.3 Å². The summed E-state index contributed by atoms with van der Waals surface area (Å²) in [6, 6.07) is 8.53. The maximum atomic E-state index is 10.6. The molecule has 0 radical (unpaired) electrons. The van der Waals surface area contributed by atoms with Crippen molar-refractivity contribution in [2.75, 3.05) is 14.2 Å². The van der Waals surface area contributed by atoms with Gasteiger partial charge in [0.25, 0.3) is 5.69 Å². The number of hydrogen-bond donors (Lipinski definition) is 0. The molecule has 0 saturated heterocycles. The summed E-state index contributed by atoms with van der Waals surface area (Å²) < 4.78 is 10.5. The zero-order chi connectivity index (χ0) is 15.2. The molecule has 1 aromatic heterocycles. The minimum absolute atomic E-state index is 0.0360. The standard InChI is InChI=1S/C15H14N2O4/c1-20-14-5-3-4-11(15(14)21-2)6-7-12-8-9-13(10-16-12)17(18)19/h3-10H,1-2H3/b7-6+. The van der Waals surface area contributed by atoms with Crippen molar-refractivity contribution in [2.24, 2.45) is 0 Å². The van der Waals surface area contributed by atoms with E-state index in [4.69, 9.17) is 9.47 Å². The van der Waals surface area contributed by atoms with E-state index < -0.39 is 4.92 Å². The fourth-order valence-corrected chi connectivity index (χ4v) is 1.82. The van der Waals surface area contributed by atoms with E-state index in [2.05, 4.69) is 4.98 Å². The Morgan fingerprint density at radius 3 is 2.52 bits per heavy atom. The van der Waals surface area contributed by atoms with Gasteiger partial charge in [-0.3, -0.25) is 10.1 Å². The molecular weight excluding hydrogens is 272 g/mol. The van der Waals surface area contributed by atoms with Gasteiger partial charge in [0.15, 0.2) is 11.5 Å². The van der Waals surface area contributed by atoms with E-state index >= 15 is 0 Å². The van der Waals surface area contributed by atoms with Crippen molar-refractivity contribution in [3.8, 4) is 11.5 Å². The maximum Gasteiger partial charge on any atom is 0.287 e. The summed E-state index contributed by atoms with van der Waals surface area (Å²) >= 11 is 0. The molecule has 21 heavy (non-hydrogen) atoms. The molecule has 0 aliphatic carbocycles. The van der Waals surface area contributed by atoms with E-state index in [0.29, 0.717) is 17.2 Å². The summed E-state index contributed by atoms with van der Waals surface area (Å²) in [5.74, 6) is 1.26. The lowest BCUT2D eigenvalue weighted by Gasteiger charge is -2.09. The second-order valence-electron chi connectivity index (χ2n) is 4.11. The van der Waals surface area contributed by atoms with Crippen LogP contribution in [0, 0.1) is 10.1 Å². The molecule has 0 saturated carbocycles. The number of nitrogens with zero attached hydrogens (tertiary/aromatic N) is 2. The number of nitro groups is 1. The molecule has 0 N–H and O–H groups in total. The van der Waals surface area contributed by atoms with Crippen LogP contribution < -0.4 is 9.47 Å². The first-order valence-electron chi connectivity index (χ1n) is 6.15. The zero-order valence-corrected chi connectivity index (χ0v) is 11.6. The third kappa shape index (κ3) is 3.36. The average molecular weight is 286 g/mol. The van der Waals surface area contributed by atoms with Gasteiger partial charge >= 0.3 is 0 Å². The van der Waals surface area contributed by atoms with Crippen LogP contribution in [0.25, 0.3) is 12.2 Å². The van der Waals surface area contributed by atoms with Gasteiger partial charge in [-0.1, -0.05) is 12.1 Å². The van der Waals surface area contributed by atoms with Gasteiger partial charge < -0.3 is 9.47 Å². The van der Waals surface area contributed by atoms with Crippen LogP contribution in [0.4, 0.5) is 5.69 Å². The lowest BCUT2D eigenvalue weighted by Crippen LogP contribution is -1.92. The van der Waals surface area contributed by atoms with Crippen molar-refractivity contribution in [3.05, 3.63) is 57.9 Å². The molecule has 2 rings (SSSR count). The third-order valence-electron chi connectivity index (χ3n) is 2.85. The number of hydrogen-bond acceptors (Lipinski definition) is 5. The van der Waals surface area contributed by atoms with Gasteiger partial charge in [-0.25, -0.2) is 4.98 Å². The largest absolute Gasteiger partial charge is 0.493 e. The SMILES string of the molecule is COc1cccc(/C=C/c2ccc([N+](=O)[O-])cn2)c1OC. The highest BCUT2D eigenvalue weighted by molar-refractivity contribution is 5.73. The Morgan fingerprint density at radius 1 is 1.14 bits per heavy atom. The summed E-state index contributed by atoms with van der Waals surface area (Å²) in [5, 5.41) is 10.6. The minimum atomic E-state index is -0.481. The molecule has 0 aliphatic heterocycles.